The van der Waals surface area contributed by atoms with E-state index in [9.17, 15) is 0 Å². The minimum Gasteiger partial charge on any atom is -0.310 e. The summed E-state index contributed by atoms with van der Waals surface area (Å²) < 4.78 is 1.93. The molecule has 102 valence electrons. The maximum Gasteiger partial charge on any atom is 0.0839 e. The molecule has 20 heavy (non-hydrogen) atoms. The van der Waals surface area contributed by atoms with Crippen LogP contribution < -0.4 is 5.32 Å². The van der Waals surface area contributed by atoms with Gasteiger partial charge in [-0.25, -0.2) is 4.68 Å². The Kier molecular flexibility index (Phi) is 3.48. The number of pyridine rings is 1. The number of para-hydroxylation sites is 1. The summed E-state index contributed by atoms with van der Waals surface area (Å²) in [7, 11) is 0. The molecule has 0 aliphatic rings. The molecule has 0 radical (unpaired) electrons. The Morgan fingerprint density at radius 2 is 2.00 bits per heavy atom. The summed E-state index contributed by atoms with van der Waals surface area (Å²) >= 11 is 0. The molecule has 4 heteroatoms. The summed E-state index contributed by atoms with van der Waals surface area (Å²) in [6, 6.07) is 10.8. The molecule has 1 N–H and O–H groups in total. The maximum atomic E-state index is 4.46. The molecular weight excluding hydrogens is 248 g/mol. The molecule has 0 aliphatic heterocycles. The first kappa shape index (κ1) is 12.8. The highest BCUT2D eigenvalue weighted by atomic mass is 15.3. The van der Waals surface area contributed by atoms with Crippen molar-refractivity contribution < 1.29 is 0 Å². The van der Waals surface area contributed by atoms with Crippen LogP contribution in [0.2, 0.25) is 0 Å². The molecule has 0 unspecified atom stereocenters. The van der Waals surface area contributed by atoms with Gasteiger partial charge in [-0.05, 0) is 17.7 Å². The van der Waals surface area contributed by atoms with Crippen molar-refractivity contribution in [3.8, 4) is 5.69 Å². The molecule has 0 bridgehead atoms. The van der Waals surface area contributed by atoms with Crippen LogP contribution in [0.5, 0.6) is 0 Å². The van der Waals surface area contributed by atoms with Gasteiger partial charge in [-0.15, -0.1) is 0 Å². The van der Waals surface area contributed by atoms with Crippen molar-refractivity contribution in [3.63, 3.8) is 0 Å². The highest BCUT2D eigenvalue weighted by Gasteiger charge is 2.05. The SMILES string of the molecule is CC(C)NCc1cncc(-n2ncc3ccccc32)c1. The first-order valence-electron chi connectivity index (χ1n) is 6.84. The Morgan fingerprint density at radius 1 is 1.15 bits per heavy atom. The fourth-order valence-electron chi connectivity index (χ4n) is 2.19. The van der Waals surface area contributed by atoms with E-state index in [2.05, 4.69) is 47.4 Å². The van der Waals surface area contributed by atoms with Crippen LogP contribution in [-0.2, 0) is 6.54 Å². The monoisotopic (exact) mass is 266 g/mol. The second-order valence-corrected chi connectivity index (χ2v) is 5.20. The molecule has 0 saturated carbocycles. The van der Waals surface area contributed by atoms with E-state index in [-0.39, 0.29) is 0 Å². The van der Waals surface area contributed by atoms with E-state index < -0.39 is 0 Å². The van der Waals surface area contributed by atoms with E-state index in [0.29, 0.717) is 6.04 Å². The standard InChI is InChI=1S/C16H18N4/c1-12(2)18-9-13-7-15(11-17-8-13)20-16-6-4-3-5-14(16)10-19-20/h3-8,10-12,18H,9H2,1-2H3. The molecule has 0 aliphatic carbocycles. The fraction of sp³-hybridized carbons (Fsp3) is 0.250. The first-order valence-corrected chi connectivity index (χ1v) is 6.84. The third-order valence-corrected chi connectivity index (χ3v) is 3.22. The van der Waals surface area contributed by atoms with Gasteiger partial charge in [-0.2, -0.15) is 5.10 Å². The first-order chi connectivity index (χ1) is 9.74. The van der Waals surface area contributed by atoms with E-state index in [1.807, 2.05) is 35.4 Å². The predicted octanol–water partition coefficient (Wildman–Crippen LogP) is 2.92. The number of nitrogens with zero attached hydrogens (tertiary/aromatic N) is 3. The number of nitrogens with one attached hydrogen (secondary N) is 1. The third-order valence-electron chi connectivity index (χ3n) is 3.22. The molecule has 0 spiro atoms. The Labute approximate surface area is 118 Å². The van der Waals surface area contributed by atoms with Crippen molar-refractivity contribution in [2.45, 2.75) is 26.4 Å². The summed E-state index contributed by atoms with van der Waals surface area (Å²) in [5.74, 6) is 0. The second kappa shape index (κ2) is 5.43. The van der Waals surface area contributed by atoms with Crippen LogP contribution in [0.4, 0.5) is 0 Å². The molecule has 0 fully saturated rings. The molecule has 0 atom stereocenters. The van der Waals surface area contributed by atoms with Gasteiger partial charge >= 0.3 is 0 Å². The number of aromatic nitrogens is 3. The Bertz CT molecular complexity index is 715. The van der Waals surface area contributed by atoms with Crippen molar-refractivity contribution in [1.29, 1.82) is 0 Å². The van der Waals surface area contributed by atoms with Gasteiger partial charge in [-0.1, -0.05) is 32.0 Å². The van der Waals surface area contributed by atoms with Crippen LogP contribution >= 0.6 is 0 Å². The Morgan fingerprint density at radius 3 is 2.85 bits per heavy atom. The van der Waals surface area contributed by atoms with Gasteiger partial charge < -0.3 is 5.32 Å². The lowest BCUT2D eigenvalue weighted by atomic mass is 10.2. The average molecular weight is 266 g/mol. The summed E-state index contributed by atoms with van der Waals surface area (Å²) in [4.78, 5) is 4.32. The Hall–Kier alpha value is -2.20. The number of benzene rings is 1. The summed E-state index contributed by atoms with van der Waals surface area (Å²) in [6.07, 6.45) is 5.62. The normalized spacial score (nSPS) is 11.3. The van der Waals surface area contributed by atoms with Crippen molar-refractivity contribution in [2.24, 2.45) is 0 Å². The summed E-state index contributed by atoms with van der Waals surface area (Å²) in [6.45, 7) is 5.09. The number of hydrogen-bond acceptors (Lipinski definition) is 3. The summed E-state index contributed by atoms with van der Waals surface area (Å²) in [5, 5.41) is 9.00. The van der Waals surface area contributed by atoms with E-state index in [1.54, 1.807) is 0 Å². The van der Waals surface area contributed by atoms with Gasteiger partial charge in [0.2, 0.25) is 0 Å². The fourth-order valence-corrected chi connectivity index (χ4v) is 2.19. The number of fused-ring (bicyclic) bond motifs is 1. The molecule has 4 nitrogen and oxygen atoms in total. The second-order valence-electron chi connectivity index (χ2n) is 5.20. The largest absolute Gasteiger partial charge is 0.310 e. The van der Waals surface area contributed by atoms with Crippen LogP contribution in [0.1, 0.15) is 19.4 Å². The zero-order valence-electron chi connectivity index (χ0n) is 11.7. The average Bonchev–Trinajstić information content (AvgIpc) is 2.89. The van der Waals surface area contributed by atoms with Gasteiger partial charge in [0.15, 0.2) is 0 Å². The number of hydrogen-bond donors (Lipinski definition) is 1. The minimum absolute atomic E-state index is 0.462. The lowest BCUT2D eigenvalue weighted by Crippen LogP contribution is -2.22. The molecule has 3 rings (SSSR count). The smallest absolute Gasteiger partial charge is 0.0839 e. The van der Waals surface area contributed by atoms with E-state index in [0.717, 1.165) is 28.7 Å². The lowest BCUT2D eigenvalue weighted by Gasteiger charge is -2.09. The molecule has 2 heterocycles. The van der Waals surface area contributed by atoms with Crippen LogP contribution in [-0.4, -0.2) is 20.8 Å². The molecule has 2 aromatic heterocycles. The quantitative estimate of drug-likeness (QED) is 0.789. The van der Waals surface area contributed by atoms with E-state index in [4.69, 9.17) is 0 Å². The summed E-state index contributed by atoms with van der Waals surface area (Å²) in [5.41, 5.74) is 3.26. The van der Waals surface area contributed by atoms with Crippen LogP contribution in [0.15, 0.2) is 48.9 Å². The van der Waals surface area contributed by atoms with Crippen molar-refractivity contribution in [3.05, 3.63) is 54.5 Å². The molecule has 0 saturated heterocycles. The van der Waals surface area contributed by atoms with Gasteiger partial charge in [0.1, 0.15) is 0 Å². The van der Waals surface area contributed by atoms with Gasteiger partial charge in [-0.3, -0.25) is 4.98 Å². The van der Waals surface area contributed by atoms with E-state index >= 15 is 0 Å². The molecule has 1 aromatic carbocycles. The highest BCUT2D eigenvalue weighted by Crippen LogP contribution is 2.17. The zero-order chi connectivity index (χ0) is 13.9. The van der Waals surface area contributed by atoms with Crippen LogP contribution in [0.3, 0.4) is 0 Å². The van der Waals surface area contributed by atoms with Crippen molar-refractivity contribution in [2.75, 3.05) is 0 Å². The molecule has 3 aromatic rings. The van der Waals surface area contributed by atoms with Crippen LogP contribution in [0, 0.1) is 0 Å². The van der Waals surface area contributed by atoms with E-state index in [1.165, 1.54) is 0 Å². The van der Waals surface area contributed by atoms with Gasteiger partial charge in [0.05, 0.1) is 23.6 Å². The van der Waals surface area contributed by atoms with Gasteiger partial charge in [0.25, 0.3) is 0 Å². The van der Waals surface area contributed by atoms with Crippen LogP contribution in [0.25, 0.3) is 16.6 Å². The maximum absolute atomic E-state index is 4.46. The van der Waals surface area contributed by atoms with Gasteiger partial charge in [0, 0.05) is 24.2 Å². The number of rotatable bonds is 4. The molecule has 0 amide bonds. The molecular formula is C16H18N4. The highest BCUT2D eigenvalue weighted by molar-refractivity contribution is 5.79. The topological polar surface area (TPSA) is 42.7 Å². The minimum atomic E-state index is 0.462. The third kappa shape index (κ3) is 2.56. The predicted molar refractivity (Wildman–Crippen MR) is 80.8 cm³/mol. The van der Waals surface area contributed by atoms with Crippen molar-refractivity contribution >= 4 is 10.9 Å². The lowest BCUT2D eigenvalue weighted by molar-refractivity contribution is 0.587. The van der Waals surface area contributed by atoms with Crippen molar-refractivity contribution in [1.82, 2.24) is 20.1 Å². The Balaban J connectivity index is 1.95. The zero-order valence-corrected chi connectivity index (χ0v) is 11.7.